The molecule has 0 saturated heterocycles. The van der Waals surface area contributed by atoms with Crippen molar-refractivity contribution in [2.75, 3.05) is 6.54 Å². The van der Waals surface area contributed by atoms with Crippen LogP contribution in [-0.2, 0) is 4.79 Å². The second-order valence-electron chi connectivity index (χ2n) is 5.93. The highest BCUT2D eigenvalue weighted by molar-refractivity contribution is 5.95. The number of hydrogen-bond donors (Lipinski definition) is 2. The molecule has 1 aromatic heterocycles. The molecule has 23 heavy (non-hydrogen) atoms. The van der Waals surface area contributed by atoms with Gasteiger partial charge in [0.05, 0.1) is 16.7 Å². The molecule has 1 aromatic carbocycles. The molecule has 0 saturated carbocycles. The van der Waals surface area contributed by atoms with Gasteiger partial charge in [0.2, 0.25) is 0 Å². The predicted molar refractivity (Wildman–Crippen MR) is 86.0 cm³/mol. The Labute approximate surface area is 134 Å². The third-order valence-electron chi connectivity index (χ3n) is 3.53. The summed E-state index contributed by atoms with van der Waals surface area (Å²) in [5, 5.41) is 11.7. The molecule has 2 rings (SSSR count). The van der Waals surface area contributed by atoms with Gasteiger partial charge in [0.15, 0.2) is 5.82 Å². The van der Waals surface area contributed by atoms with Crippen LogP contribution in [0.15, 0.2) is 36.5 Å². The van der Waals surface area contributed by atoms with E-state index < -0.39 is 11.4 Å². The molecule has 0 radical (unpaired) electrons. The van der Waals surface area contributed by atoms with E-state index in [9.17, 15) is 9.59 Å². The number of carboxylic acid groups (broad SMARTS) is 1. The number of hydrogen-bond acceptors (Lipinski definition) is 4. The Hall–Kier alpha value is -2.76. The van der Waals surface area contributed by atoms with Crippen LogP contribution in [0, 0.1) is 12.3 Å². The van der Waals surface area contributed by atoms with Crippen LogP contribution in [0.5, 0.6) is 0 Å². The summed E-state index contributed by atoms with van der Waals surface area (Å²) in [6.07, 6.45) is 1.47. The molecule has 0 aliphatic rings. The Bertz CT molecular complexity index is 727. The van der Waals surface area contributed by atoms with E-state index >= 15 is 0 Å². The Balaban J connectivity index is 2.15. The van der Waals surface area contributed by atoms with E-state index in [1.54, 1.807) is 20.8 Å². The Morgan fingerprint density at radius 1 is 1.22 bits per heavy atom. The fourth-order valence-corrected chi connectivity index (χ4v) is 1.89. The van der Waals surface area contributed by atoms with E-state index in [2.05, 4.69) is 15.3 Å². The van der Waals surface area contributed by atoms with Crippen molar-refractivity contribution < 1.29 is 14.7 Å². The summed E-state index contributed by atoms with van der Waals surface area (Å²) in [7, 11) is 0. The van der Waals surface area contributed by atoms with Crippen molar-refractivity contribution in [1.29, 1.82) is 0 Å². The number of nitrogens with zero attached hydrogens (tertiary/aromatic N) is 2. The van der Waals surface area contributed by atoms with Gasteiger partial charge in [-0.2, -0.15) is 0 Å². The number of carboxylic acids is 1. The molecule has 1 heterocycles. The molecule has 2 aromatic rings. The number of carbonyl (C=O) groups excluding carboxylic acids is 1. The summed E-state index contributed by atoms with van der Waals surface area (Å²) in [6.45, 7) is 4.86. The van der Waals surface area contributed by atoms with Crippen molar-refractivity contribution >= 4 is 11.9 Å². The largest absolute Gasteiger partial charge is 0.481 e. The number of aliphatic carboxylic acids is 1. The van der Waals surface area contributed by atoms with E-state index in [1.807, 2.05) is 30.3 Å². The monoisotopic (exact) mass is 313 g/mol. The molecular weight excluding hydrogens is 294 g/mol. The average molecular weight is 313 g/mol. The first-order valence-electron chi connectivity index (χ1n) is 7.22. The number of amides is 1. The molecule has 6 nitrogen and oxygen atoms in total. The molecule has 0 fully saturated rings. The Morgan fingerprint density at radius 3 is 2.43 bits per heavy atom. The molecule has 0 spiro atoms. The van der Waals surface area contributed by atoms with Crippen LogP contribution in [0.3, 0.4) is 0 Å². The minimum absolute atomic E-state index is 0.0288. The quantitative estimate of drug-likeness (QED) is 0.883. The van der Waals surface area contributed by atoms with E-state index in [1.165, 1.54) is 6.20 Å². The van der Waals surface area contributed by atoms with Gasteiger partial charge in [-0.1, -0.05) is 30.3 Å². The zero-order valence-electron chi connectivity index (χ0n) is 13.3. The van der Waals surface area contributed by atoms with Crippen LogP contribution in [0.4, 0.5) is 0 Å². The van der Waals surface area contributed by atoms with Crippen molar-refractivity contribution in [3.63, 3.8) is 0 Å². The Kier molecular flexibility index (Phi) is 4.74. The van der Waals surface area contributed by atoms with Gasteiger partial charge in [-0.3, -0.25) is 9.59 Å². The molecule has 0 atom stereocenters. The third-order valence-corrected chi connectivity index (χ3v) is 3.53. The third kappa shape index (κ3) is 3.91. The van der Waals surface area contributed by atoms with Crippen LogP contribution >= 0.6 is 0 Å². The van der Waals surface area contributed by atoms with Gasteiger partial charge >= 0.3 is 5.97 Å². The first-order valence-corrected chi connectivity index (χ1v) is 7.22. The van der Waals surface area contributed by atoms with Gasteiger partial charge < -0.3 is 10.4 Å². The molecule has 0 bridgehead atoms. The lowest BCUT2D eigenvalue weighted by molar-refractivity contribution is -0.146. The summed E-state index contributed by atoms with van der Waals surface area (Å²) in [5.74, 6) is -0.799. The number of carbonyl (C=O) groups is 2. The molecule has 0 unspecified atom stereocenters. The maximum absolute atomic E-state index is 12.2. The second kappa shape index (κ2) is 6.56. The van der Waals surface area contributed by atoms with Gasteiger partial charge in [-0.25, -0.2) is 9.97 Å². The number of rotatable bonds is 5. The average Bonchev–Trinajstić information content (AvgIpc) is 2.53. The topological polar surface area (TPSA) is 92.2 Å². The summed E-state index contributed by atoms with van der Waals surface area (Å²) < 4.78 is 0. The smallest absolute Gasteiger partial charge is 0.310 e. The minimum Gasteiger partial charge on any atom is -0.481 e. The Morgan fingerprint density at radius 2 is 1.87 bits per heavy atom. The van der Waals surface area contributed by atoms with Crippen LogP contribution in [0.2, 0.25) is 0 Å². The van der Waals surface area contributed by atoms with E-state index in [-0.39, 0.29) is 12.5 Å². The van der Waals surface area contributed by atoms with Gasteiger partial charge in [0.1, 0.15) is 0 Å². The van der Waals surface area contributed by atoms with Crippen molar-refractivity contribution in [3.8, 4) is 11.4 Å². The van der Waals surface area contributed by atoms with Gasteiger partial charge in [-0.05, 0) is 20.8 Å². The molecule has 120 valence electrons. The van der Waals surface area contributed by atoms with Gasteiger partial charge in [-0.15, -0.1) is 0 Å². The molecule has 0 aliphatic carbocycles. The highest BCUT2D eigenvalue weighted by Crippen LogP contribution is 2.17. The van der Waals surface area contributed by atoms with Crippen molar-refractivity contribution in [3.05, 3.63) is 47.8 Å². The second-order valence-corrected chi connectivity index (χ2v) is 5.93. The molecule has 0 aliphatic heterocycles. The highest BCUT2D eigenvalue weighted by Gasteiger charge is 2.28. The zero-order chi connectivity index (χ0) is 17.0. The lowest BCUT2D eigenvalue weighted by Crippen LogP contribution is -2.39. The normalized spacial score (nSPS) is 11.1. The number of aromatic nitrogens is 2. The molecular formula is C17H19N3O3. The standard InChI is InChI=1S/C17H19N3O3/c1-11-13(15(21)19-10-17(2,3)16(22)23)9-18-14(20-11)12-7-5-4-6-8-12/h4-9H,10H2,1-3H3,(H,19,21)(H,22,23). The maximum atomic E-state index is 12.2. The summed E-state index contributed by atoms with van der Waals surface area (Å²) in [5.41, 5.74) is 0.721. The lowest BCUT2D eigenvalue weighted by atomic mass is 9.94. The minimum atomic E-state index is -1.03. The fraction of sp³-hybridized carbons (Fsp3) is 0.294. The van der Waals surface area contributed by atoms with E-state index in [0.29, 0.717) is 17.1 Å². The van der Waals surface area contributed by atoms with E-state index in [4.69, 9.17) is 5.11 Å². The predicted octanol–water partition coefficient (Wildman–Crippen LogP) is 2.29. The van der Waals surface area contributed by atoms with Crippen molar-refractivity contribution in [2.45, 2.75) is 20.8 Å². The van der Waals surface area contributed by atoms with Crippen LogP contribution in [-0.4, -0.2) is 33.5 Å². The number of benzene rings is 1. The highest BCUT2D eigenvalue weighted by atomic mass is 16.4. The van der Waals surface area contributed by atoms with Gasteiger partial charge in [0.25, 0.3) is 5.91 Å². The molecule has 2 N–H and O–H groups in total. The number of nitrogens with one attached hydrogen (secondary N) is 1. The first-order chi connectivity index (χ1) is 10.8. The summed E-state index contributed by atoms with van der Waals surface area (Å²) >= 11 is 0. The number of aryl methyl sites for hydroxylation is 1. The van der Waals surface area contributed by atoms with Crippen LogP contribution < -0.4 is 5.32 Å². The summed E-state index contributed by atoms with van der Waals surface area (Å²) in [6, 6.07) is 9.47. The zero-order valence-corrected chi connectivity index (χ0v) is 13.3. The van der Waals surface area contributed by atoms with Gasteiger partial charge in [0, 0.05) is 18.3 Å². The molecule has 1 amide bonds. The first kappa shape index (κ1) is 16.6. The maximum Gasteiger partial charge on any atom is 0.310 e. The van der Waals surface area contributed by atoms with E-state index in [0.717, 1.165) is 5.56 Å². The van der Waals surface area contributed by atoms with Crippen LogP contribution in [0.1, 0.15) is 29.9 Å². The fourth-order valence-electron chi connectivity index (χ4n) is 1.89. The summed E-state index contributed by atoms with van der Waals surface area (Å²) in [4.78, 5) is 31.8. The van der Waals surface area contributed by atoms with Crippen LogP contribution in [0.25, 0.3) is 11.4 Å². The molecule has 6 heteroatoms. The SMILES string of the molecule is Cc1nc(-c2ccccc2)ncc1C(=O)NCC(C)(C)C(=O)O. The lowest BCUT2D eigenvalue weighted by Gasteiger charge is -2.19. The van der Waals surface area contributed by atoms with Crippen molar-refractivity contribution in [1.82, 2.24) is 15.3 Å². The van der Waals surface area contributed by atoms with Crippen molar-refractivity contribution in [2.24, 2.45) is 5.41 Å².